The highest BCUT2D eigenvalue weighted by molar-refractivity contribution is 6.08. The standard InChI is InChI=1S/C51H76O8/c1-4-7-10-13-16-19-22-25-31-36-41(52)46-42(53)39-43-47(50(46)58-44(54)37-32-26-23-20-17-14-11-8-5-2)48(56)51(49(57-43)40-34-29-28-30-35-40)59-45(55)38-33-27-24-21-18-15-12-9-6-3/h28-30,34-35,39,53H,4-27,31-33,36-38H2,1-3H3. The van der Waals surface area contributed by atoms with E-state index in [4.69, 9.17) is 13.9 Å². The number of ketones is 1. The third kappa shape index (κ3) is 18.5. The number of phenolic OH excluding ortho intramolecular Hbond substituents is 1. The number of carbonyl (C=O) groups excluding carboxylic acids is 3. The highest BCUT2D eigenvalue weighted by atomic mass is 16.5. The second kappa shape index (κ2) is 30.1. The minimum absolute atomic E-state index is 0.0173. The van der Waals surface area contributed by atoms with Crippen LogP contribution in [0.15, 0.2) is 45.6 Å². The van der Waals surface area contributed by atoms with Crippen molar-refractivity contribution in [3.05, 3.63) is 52.2 Å². The molecule has 59 heavy (non-hydrogen) atoms. The van der Waals surface area contributed by atoms with Crippen LogP contribution in [-0.2, 0) is 9.59 Å². The van der Waals surface area contributed by atoms with Gasteiger partial charge in [-0.05, 0) is 19.3 Å². The number of unbranched alkanes of at least 4 members (excludes halogenated alkanes) is 24. The predicted octanol–water partition coefficient (Wildman–Crippen LogP) is 14.9. The zero-order chi connectivity index (χ0) is 42.5. The molecular weight excluding hydrogens is 741 g/mol. The third-order valence-electron chi connectivity index (χ3n) is 11.3. The van der Waals surface area contributed by atoms with E-state index in [0.717, 1.165) is 57.8 Å². The summed E-state index contributed by atoms with van der Waals surface area (Å²) in [5.74, 6) is -2.66. The molecule has 0 radical (unpaired) electrons. The minimum Gasteiger partial charge on any atom is -0.507 e. The molecule has 0 atom stereocenters. The summed E-state index contributed by atoms with van der Waals surface area (Å²) in [6.45, 7) is 6.62. The van der Waals surface area contributed by atoms with Crippen LogP contribution in [0.25, 0.3) is 22.3 Å². The van der Waals surface area contributed by atoms with E-state index in [-0.39, 0.29) is 53.1 Å². The van der Waals surface area contributed by atoms with Gasteiger partial charge in [0.2, 0.25) is 11.2 Å². The van der Waals surface area contributed by atoms with Gasteiger partial charge in [0.15, 0.2) is 17.3 Å². The lowest BCUT2D eigenvalue weighted by molar-refractivity contribution is -0.135. The first kappa shape index (κ1) is 49.4. The Kier molecular flexibility index (Phi) is 25.2. The van der Waals surface area contributed by atoms with Crippen LogP contribution in [0.3, 0.4) is 0 Å². The molecule has 1 heterocycles. The zero-order valence-electron chi connectivity index (χ0n) is 37.0. The first-order valence-electron chi connectivity index (χ1n) is 23.7. The smallest absolute Gasteiger partial charge is 0.311 e. The van der Waals surface area contributed by atoms with Gasteiger partial charge in [0.25, 0.3) is 0 Å². The summed E-state index contributed by atoms with van der Waals surface area (Å²) < 4.78 is 18.0. The van der Waals surface area contributed by atoms with E-state index in [2.05, 4.69) is 20.8 Å². The van der Waals surface area contributed by atoms with E-state index in [0.29, 0.717) is 24.8 Å². The van der Waals surface area contributed by atoms with Crippen molar-refractivity contribution in [1.82, 2.24) is 0 Å². The van der Waals surface area contributed by atoms with Crippen LogP contribution in [0.5, 0.6) is 17.2 Å². The second-order valence-corrected chi connectivity index (χ2v) is 16.5. The SMILES string of the molecule is CCCCCCCCCCCC(=O)Oc1c(-c2ccccc2)oc2cc(O)c(C(=O)CCCCCCCCCCC)c(OC(=O)CCCCCCCCCCC)c2c1=O. The molecular formula is C51H76O8. The van der Waals surface area contributed by atoms with Crippen molar-refractivity contribution in [3.8, 4) is 28.6 Å². The Morgan fingerprint density at radius 3 is 1.36 bits per heavy atom. The lowest BCUT2D eigenvalue weighted by Crippen LogP contribution is -2.19. The maximum atomic E-state index is 14.6. The molecule has 0 aliphatic heterocycles. The van der Waals surface area contributed by atoms with E-state index < -0.39 is 28.9 Å². The molecule has 1 N–H and O–H groups in total. The van der Waals surface area contributed by atoms with Crippen molar-refractivity contribution in [2.75, 3.05) is 0 Å². The number of rotatable bonds is 34. The molecule has 0 spiro atoms. The van der Waals surface area contributed by atoms with Gasteiger partial charge in [0.1, 0.15) is 22.3 Å². The lowest BCUT2D eigenvalue weighted by Gasteiger charge is -2.16. The Bertz CT molecular complexity index is 1710. The van der Waals surface area contributed by atoms with Crippen molar-refractivity contribution in [1.29, 1.82) is 0 Å². The molecule has 8 heteroatoms. The molecule has 328 valence electrons. The van der Waals surface area contributed by atoms with Crippen LogP contribution in [0.4, 0.5) is 0 Å². The van der Waals surface area contributed by atoms with E-state index in [9.17, 15) is 24.3 Å². The lowest BCUT2D eigenvalue weighted by atomic mass is 9.98. The maximum Gasteiger partial charge on any atom is 0.311 e. The van der Waals surface area contributed by atoms with Gasteiger partial charge in [-0.2, -0.15) is 0 Å². The van der Waals surface area contributed by atoms with Gasteiger partial charge < -0.3 is 19.0 Å². The third-order valence-corrected chi connectivity index (χ3v) is 11.3. The van der Waals surface area contributed by atoms with Crippen molar-refractivity contribution >= 4 is 28.7 Å². The number of hydrogen-bond donors (Lipinski definition) is 1. The van der Waals surface area contributed by atoms with Crippen LogP contribution < -0.4 is 14.9 Å². The summed E-state index contributed by atoms with van der Waals surface area (Å²) in [5, 5.41) is 11.2. The fraction of sp³-hybridized carbons (Fsp3) is 0.647. The molecule has 0 saturated carbocycles. The average Bonchev–Trinajstić information content (AvgIpc) is 3.23. The van der Waals surface area contributed by atoms with Gasteiger partial charge in [0.05, 0.1) is 0 Å². The number of hydrogen-bond acceptors (Lipinski definition) is 8. The molecule has 0 fully saturated rings. The molecule has 0 aliphatic rings. The summed E-state index contributed by atoms with van der Waals surface area (Å²) in [4.78, 5) is 55.3. The van der Waals surface area contributed by atoms with Gasteiger partial charge in [0, 0.05) is 30.9 Å². The molecule has 0 unspecified atom stereocenters. The van der Waals surface area contributed by atoms with E-state index >= 15 is 0 Å². The first-order valence-corrected chi connectivity index (χ1v) is 23.7. The van der Waals surface area contributed by atoms with Crippen molar-refractivity contribution < 1.29 is 33.4 Å². The molecule has 0 aliphatic carbocycles. The van der Waals surface area contributed by atoms with Crippen LogP contribution in [-0.4, -0.2) is 22.8 Å². The van der Waals surface area contributed by atoms with E-state index in [1.807, 2.05) is 6.07 Å². The number of carbonyl (C=O) groups is 3. The maximum absolute atomic E-state index is 14.6. The predicted molar refractivity (Wildman–Crippen MR) is 241 cm³/mol. The fourth-order valence-corrected chi connectivity index (χ4v) is 7.74. The highest BCUT2D eigenvalue weighted by Gasteiger charge is 2.29. The first-order chi connectivity index (χ1) is 28.8. The summed E-state index contributed by atoms with van der Waals surface area (Å²) >= 11 is 0. The van der Waals surface area contributed by atoms with Crippen LogP contribution in [0, 0.1) is 0 Å². The quantitative estimate of drug-likeness (QED) is 0.0274. The molecule has 0 amide bonds. The number of esters is 2. The number of ether oxygens (including phenoxy) is 2. The molecule has 2 aromatic carbocycles. The summed E-state index contributed by atoms with van der Waals surface area (Å²) in [6.07, 6.45) is 29.5. The molecule has 0 bridgehead atoms. The normalized spacial score (nSPS) is 11.3. The van der Waals surface area contributed by atoms with Crippen LogP contribution in [0.1, 0.15) is 224 Å². The molecule has 8 nitrogen and oxygen atoms in total. The van der Waals surface area contributed by atoms with Gasteiger partial charge in [-0.25, -0.2) is 0 Å². The van der Waals surface area contributed by atoms with Gasteiger partial charge in [-0.1, -0.05) is 205 Å². The van der Waals surface area contributed by atoms with Gasteiger partial charge in [-0.15, -0.1) is 0 Å². The van der Waals surface area contributed by atoms with Crippen LogP contribution in [0.2, 0.25) is 0 Å². The fourth-order valence-electron chi connectivity index (χ4n) is 7.74. The molecule has 3 rings (SSSR count). The summed E-state index contributed by atoms with van der Waals surface area (Å²) in [5.41, 5.74) is -0.542. The Labute approximate surface area is 355 Å². The summed E-state index contributed by atoms with van der Waals surface area (Å²) in [6, 6.07) is 10.1. The van der Waals surface area contributed by atoms with Crippen molar-refractivity contribution in [2.24, 2.45) is 0 Å². The minimum atomic E-state index is -0.742. The summed E-state index contributed by atoms with van der Waals surface area (Å²) in [7, 11) is 0. The van der Waals surface area contributed by atoms with E-state index in [1.165, 1.54) is 102 Å². The Morgan fingerprint density at radius 1 is 0.525 bits per heavy atom. The Balaban J connectivity index is 1.87. The molecule has 1 aromatic heterocycles. The van der Waals surface area contributed by atoms with Gasteiger partial charge in [-0.3, -0.25) is 19.2 Å². The second-order valence-electron chi connectivity index (χ2n) is 16.5. The van der Waals surface area contributed by atoms with Gasteiger partial charge >= 0.3 is 11.9 Å². The van der Waals surface area contributed by atoms with Crippen molar-refractivity contribution in [2.45, 2.75) is 213 Å². The molecule has 0 saturated heterocycles. The number of aromatic hydroxyl groups is 1. The topological polar surface area (TPSA) is 120 Å². The Hall–Kier alpha value is -3.94. The average molecular weight is 817 g/mol. The van der Waals surface area contributed by atoms with E-state index in [1.54, 1.807) is 24.3 Å². The number of phenols is 1. The molecule has 3 aromatic rings. The Morgan fingerprint density at radius 2 is 0.915 bits per heavy atom. The largest absolute Gasteiger partial charge is 0.507 e. The number of Topliss-reactive ketones (excluding diaryl/α,β-unsaturated/α-hetero) is 1. The monoisotopic (exact) mass is 817 g/mol. The zero-order valence-corrected chi connectivity index (χ0v) is 37.0. The highest BCUT2D eigenvalue weighted by Crippen LogP contribution is 2.41. The van der Waals surface area contributed by atoms with Crippen molar-refractivity contribution in [3.63, 3.8) is 0 Å². The number of fused-ring (bicyclic) bond motifs is 1. The number of benzene rings is 2. The van der Waals surface area contributed by atoms with Crippen LogP contribution >= 0.6 is 0 Å².